The third-order valence-corrected chi connectivity index (χ3v) is 7.65. The Kier molecular flexibility index (Phi) is 7.08. The van der Waals surface area contributed by atoms with Crippen LogP contribution in [0.5, 0.6) is 0 Å². The van der Waals surface area contributed by atoms with Crippen LogP contribution in [0.25, 0.3) is 22.3 Å². The summed E-state index contributed by atoms with van der Waals surface area (Å²) in [6.45, 7) is 6.77. The summed E-state index contributed by atoms with van der Waals surface area (Å²) >= 11 is 6.62. The summed E-state index contributed by atoms with van der Waals surface area (Å²) in [5.41, 5.74) is 2.91. The van der Waals surface area contributed by atoms with Gasteiger partial charge in [0.15, 0.2) is 5.82 Å². The Morgan fingerprint density at radius 2 is 1.89 bits per heavy atom. The zero-order valence-corrected chi connectivity index (χ0v) is 21.8. The number of fused-ring (bicyclic) bond motifs is 1. The van der Waals surface area contributed by atoms with Crippen LogP contribution in [0.15, 0.2) is 42.6 Å². The fraction of sp³-hybridized carbons (Fsp3) is 0.231. The fourth-order valence-electron chi connectivity index (χ4n) is 3.90. The van der Waals surface area contributed by atoms with Crippen LogP contribution in [-0.4, -0.2) is 28.3 Å². The third-order valence-electron chi connectivity index (χ3n) is 5.82. The summed E-state index contributed by atoms with van der Waals surface area (Å²) in [4.78, 5) is 13.2. The van der Waals surface area contributed by atoms with Crippen LogP contribution in [0.3, 0.4) is 0 Å². The van der Waals surface area contributed by atoms with Gasteiger partial charge in [-0.2, -0.15) is 5.26 Å². The highest BCUT2D eigenvalue weighted by Gasteiger charge is 2.22. The molecule has 1 N–H and O–H groups in total. The maximum atomic E-state index is 15.1. The summed E-state index contributed by atoms with van der Waals surface area (Å²) in [7, 11) is -2.57. The van der Waals surface area contributed by atoms with Gasteiger partial charge in [-0.25, -0.2) is 18.7 Å². The molecule has 36 heavy (non-hydrogen) atoms. The average molecular weight is 526 g/mol. The number of aryl methyl sites for hydroxylation is 1. The number of anilines is 1. The molecule has 0 fully saturated rings. The highest BCUT2D eigenvalue weighted by atomic mass is 35.5. The molecule has 1 atom stereocenters. The molecule has 0 radical (unpaired) electrons. The van der Waals surface area contributed by atoms with Gasteiger partial charge in [-0.15, -0.1) is 0 Å². The molecule has 0 saturated carbocycles. The molecular formula is C26H23ClF2N5OP. The molecule has 0 unspecified atom stereocenters. The smallest absolute Gasteiger partial charge is 0.151 e. The molecule has 0 bridgehead atoms. The van der Waals surface area contributed by atoms with E-state index in [-0.39, 0.29) is 16.2 Å². The molecule has 4 aromatic rings. The summed E-state index contributed by atoms with van der Waals surface area (Å²) in [5.74, 6) is -1.07. The van der Waals surface area contributed by atoms with Gasteiger partial charge in [-0.3, -0.25) is 4.98 Å². The van der Waals surface area contributed by atoms with E-state index in [9.17, 15) is 14.2 Å². The van der Waals surface area contributed by atoms with Gasteiger partial charge in [0.1, 0.15) is 24.2 Å². The monoisotopic (exact) mass is 525 g/mol. The number of nitriles is 1. The maximum absolute atomic E-state index is 15.1. The van der Waals surface area contributed by atoms with Crippen LogP contribution in [0.2, 0.25) is 5.02 Å². The van der Waals surface area contributed by atoms with Gasteiger partial charge in [-0.05, 0) is 57.0 Å². The first-order valence-electron chi connectivity index (χ1n) is 11.2. The summed E-state index contributed by atoms with van der Waals surface area (Å²) in [6, 6.07) is 10.1. The Bertz CT molecular complexity index is 1560. The third kappa shape index (κ3) is 4.95. The van der Waals surface area contributed by atoms with Gasteiger partial charge in [0.05, 0.1) is 45.0 Å². The molecule has 0 amide bonds. The molecular weight excluding hydrogens is 503 g/mol. The van der Waals surface area contributed by atoms with Gasteiger partial charge in [0, 0.05) is 23.4 Å². The number of hydrogen-bond acceptors (Lipinski definition) is 6. The highest BCUT2D eigenvalue weighted by molar-refractivity contribution is 7.69. The largest absolute Gasteiger partial charge is 0.375 e. The lowest BCUT2D eigenvalue weighted by Crippen LogP contribution is -2.14. The topological polar surface area (TPSA) is 91.6 Å². The van der Waals surface area contributed by atoms with Gasteiger partial charge in [0.25, 0.3) is 0 Å². The molecule has 0 aliphatic heterocycles. The molecule has 3 aromatic heterocycles. The standard InChI is InChI=1S/C26H23ClF2N5OP/c1-5-20(17-10-15(12-30)6-8-18(17)28)33-26-23(27)14(2)32-21-11-19(29)24(34-25(21)26)16-7-9-22(31-13-16)36(3,4)35/h6-11,13,20H,5H2,1-4H3,(H,32,33)/t20-/m1/s1. The minimum atomic E-state index is -2.57. The molecule has 0 spiro atoms. The van der Waals surface area contributed by atoms with Crippen molar-refractivity contribution in [3.8, 4) is 17.3 Å². The maximum Gasteiger partial charge on any atom is 0.151 e. The van der Waals surface area contributed by atoms with Crippen LogP contribution in [-0.2, 0) is 4.57 Å². The van der Waals surface area contributed by atoms with Crippen LogP contribution in [0.1, 0.15) is 36.2 Å². The Balaban J connectivity index is 1.86. The predicted octanol–water partition coefficient (Wildman–Crippen LogP) is 6.61. The lowest BCUT2D eigenvalue weighted by molar-refractivity contribution is 0.587. The summed E-state index contributed by atoms with van der Waals surface area (Å²) in [6.07, 6.45) is 1.90. The predicted molar refractivity (Wildman–Crippen MR) is 139 cm³/mol. The van der Waals surface area contributed by atoms with Crippen molar-refractivity contribution in [3.05, 3.63) is 76.1 Å². The van der Waals surface area contributed by atoms with E-state index in [0.717, 1.165) is 0 Å². The second-order valence-electron chi connectivity index (χ2n) is 8.78. The van der Waals surface area contributed by atoms with E-state index in [0.29, 0.717) is 45.4 Å². The van der Waals surface area contributed by atoms with Crippen molar-refractivity contribution in [1.82, 2.24) is 15.0 Å². The van der Waals surface area contributed by atoms with Crippen LogP contribution in [0, 0.1) is 29.9 Å². The average Bonchev–Trinajstić information content (AvgIpc) is 2.84. The lowest BCUT2D eigenvalue weighted by Gasteiger charge is -2.22. The number of aromatic nitrogens is 3. The Hall–Kier alpha value is -3.40. The number of hydrogen-bond donors (Lipinski definition) is 1. The first-order valence-corrected chi connectivity index (χ1v) is 14.2. The van der Waals surface area contributed by atoms with Crippen LogP contribution >= 0.6 is 18.7 Å². The van der Waals surface area contributed by atoms with Crippen LogP contribution in [0.4, 0.5) is 14.5 Å². The fourth-order valence-corrected chi connectivity index (χ4v) is 4.85. The molecule has 0 saturated heterocycles. The molecule has 4 rings (SSSR count). The van der Waals surface area contributed by atoms with Crippen molar-refractivity contribution in [2.24, 2.45) is 0 Å². The van der Waals surface area contributed by atoms with E-state index in [2.05, 4.69) is 20.3 Å². The van der Waals surface area contributed by atoms with Gasteiger partial charge < -0.3 is 9.88 Å². The second-order valence-corrected chi connectivity index (χ2v) is 12.3. The first kappa shape index (κ1) is 25.7. The summed E-state index contributed by atoms with van der Waals surface area (Å²) < 4.78 is 42.1. The van der Waals surface area contributed by atoms with Crippen molar-refractivity contribution in [1.29, 1.82) is 5.26 Å². The van der Waals surface area contributed by atoms with Crippen molar-refractivity contribution in [2.75, 3.05) is 18.6 Å². The minimum absolute atomic E-state index is 0.0269. The normalized spacial score (nSPS) is 12.4. The molecule has 184 valence electrons. The van der Waals surface area contributed by atoms with Crippen molar-refractivity contribution >= 4 is 40.9 Å². The number of halogens is 3. The Labute approximate surface area is 212 Å². The molecule has 6 nitrogen and oxygen atoms in total. The Morgan fingerprint density at radius 3 is 2.50 bits per heavy atom. The van der Waals surface area contributed by atoms with E-state index in [1.165, 1.54) is 30.5 Å². The zero-order valence-electron chi connectivity index (χ0n) is 20.1. The van der Waals surface area contributed by atoms with Gasteiger partial charge >= 0.3 is 0 Å². The number of benzene rings is 1. The van der Waals surface area contributed by atoms with Crippen molar-refractivity contribution in [3.63, 3.8) is 0 Å². The molecule has 1 aromatic carbocycles. The SMILES string of the molecule is CC[C@@H](Nc1c(Cl)c(C)nc2cc(F)c(-c3ccc(P(C)(C)=O)nc3)nc12)c1cc(C#N)ccc1F. The Morgan fingerprint density at radius 1 is 1.14 bits per heavy atom. The van der Waals surface area contributed by atoms with E-state index < -0.39 is 24.8 Å². The van der Waals surface area contributed by atoms with Gasteiger partial charge in [0.2, 0.25) is 0 Å². The van der Waals surface area contributed by atoms with E-state index in [4.69, 9.17) is 11.6 Å². The summed E-state index contributed by atoms with van der Waals surface area (Å²) in [5, 5.41) is 12.8. The highest BCUT2D eigenvalue weighted by Crippen LogP contribution is 2.38. The number of rotatable bonds is 6. The van der Waals surface area contributed by atoms with Crippen molar-refractivity contribution in [2.45, 2.75) is 26.3 Å². The van der Waals surface area contributed by atoms with Crippen molar-refractivity contribution < 1.29 is 13.3 Å². The molecule has 0 aliphatic rings. The van der Waals surface area contributed by atoms with Crippen LogP contribution < -0.4 is 10.8 Å². The van der Waals surface area contributed by atoms with Gasteiger partial charge in [-0.1, -0.05) is 18.5 Å². The molecule has 0 aliphatic carbocycles. The number of pyridine rings is 3. The lowest BCUT2D eigenvalue weighted by atomic mass is 10.0. The van der Waals surface area contributed by atoms with E-state index >= 15 is 4.39 Å². The number of nitrogens with zero attached hydrogens (tertiary/aromatic N) is 4. The molecule has 3 heterocycles. The minimum Gasteiger partial charge on any atom is -0.375 e. The number of nitrogens with one attached hydrogen (secondary N) is 1. The first-order chi connectivity index (χ1) is 17.0. The molecule has 10 heteroatoms. The quantitative estimate of drug-likeness (QED) is 0.285. The second kappa shape index (κ2) is 9.93. The zero-order chi connectivity index (χ0) is 26.2. The van der Waals surface area contributed by atoms with E-state index in [1.54, 1.807) is 32.4 Å². The van der Waals surface area contributed by atoms with E-state index in [1.807, 2.05) is 13.0 Å².